The third kappa shape index (κ3) is 4.92. The highest BCUT2D eigenvalue weighted by atomic mass is 35.5. The molecule has 0 spiro atoms. The highest BCUT2D eigenvalue weighted by Crippen LogP contribution is 2.23. The summed E-state index contributed by atoms with van der Waals surface area (Å²) in [6, 6.07) is 14.0. The number of hydrogen-bond acceptors (Lipinski definition) is 4. The van der Waals surface area contributed by atoms with Crippen LogP contribution in [0, 0.1) is 6.92 Å². The number of hydrogen-bond donors (Lipinski definition) is 1. The second-order valence-electron chi connectivity index (χ2n) is 5.33. The number of nitrogens with zero attached hydrogens (tertiary/aromatic N) is 1. The lowest BCUT2D eigenvalue weighted by molar-refractivity contribution is 0.609. The molecule has 1 N–H and O–H groups in total. The van der Waals surface area contributed by atoms with Gasteiger partial charge in [-0.1, -0.05) is 35.9 Å². The fourth-order valence-corrected chi connectivity index (χ4v) is 3.76. The quantitative estimate of drug-likeness (QED) is 0.652. The third-order valence-corrected chi connectivity index (χ3v) is 5.41. The molecule has 0 aliphatic carbocycles. The summed E-state index contributed by atoms with van der Waals surface area (Å²) in [7, 11) is -3.59. The van der Waals surface area contributed by atoms with E-state index in [2.05, 4.69) is 9.71 Å². The van der Waals surface area contributed by atoms with Gasteiger partial charge < -0.3 is 0 Å². The molecule has 0 aliphatic rings. The minimum atomic E-state index is -3.59. The van der Waals surface area contributed by atoms with E-state index >= 15 is 0 Å². The maximum Gasteiger partial charge on any atom is 0.255 e. The van der Waals surface area contributed by atoms with E-state index in [1.807, 2.05) is 24.4 Å². The van der Waals surface area contributed by atoms with Crippen molar-refractivity contribution in [3.05, 3.63) is 74.9 Å². The number of nitrogens with one attached hydrogen (secondary N) is 1. The van der Waals surface area contributed by atoms with Crippen LogP contribution in [0.2, 0.25) is 5.02 Å². The normalized spacial score (nSPS) is 11.8. The van der Waals surface area contributed by atoms with Gasteiger partial charge in [-0.15, -0.1) is 11.3 Å². The van der Waals surface area contributed by atoms with Gasteiger partial charge in [0.2, 0.25) is 0 Å². The van der Waals surface area contributed by atoms with E-state index in [4.69, 9.17) is 11.6 Å². The smallest absolute Gasteiger partial charge is 0.255 e. The maximum atomic E-state index is 12.2. The summed E-state index contributed by atoms with van der Waals surface area (Å²) in [5, 5.41) is 4.71. The van der Waals surface area contributed by atoms with Crippen LogP contribution in [0.5, 0.6) is 0 Å². The van der Waals surface area contributed by atoms with Crippen LogP contribution in [-0.4, -0.2) is 13.4 Å². The van der Waals surface area contributed by atoms with Crippen LogP contribution < -0.4 is 4.72 Å². The molecular formula is C18H15ClN2O2S2. The van der Waals surface area contributed by atoms with Crippen molar-refractivity contribution in [1.29, 1.82) is 0 Å². The van der Waals surface area contributed by atoms with Crippen LogP contribution in [0.25, 0.3) is 17.3 Å². The van der Waals surface area contributed by atoms with Gasteiger partial charge in [0.25, 0.3) is 10.0 Å². The molecule has 0 aliphatic heterocycles. The van der Waals surface area contributed by atoms with E-state index in [0.29, 0.717) is 10.7 Å². The fraction of sp³-hybridized carbons (Fsp3) is 0.0556. The van der Waals surface area contributed by atoms with Gasteiger partial charge in [-0.25, -0.2) is 13.4 Å². The Morgan fingerprint density at radius 2 is 1.76 bits per heavy atom. The van der Waals surface area contributed by atoms with E-state index in [1.54, 1.807) is 47.7 Å². The van der Waals surface area contributed by atoms with E-state index in [-0.39, 0.29) is 0 Å². The van der Waals surface area contributed by atoms with Gasteiger partial charge >= 0.3 is 0 Å². The Labute approximate surface area is 155 Å². The lowest BCUT2D eigenvalue weighted by Crippen LogP contribution is -2.08. The van der Waals surface area contributed by atoms with Gasteiger partial charge in [0.1, 0.15) is 0 Å². The summed E-state index contributed by atoms with van der Waals surface area (Å²) >= 11 is 7.39. The van der Waals surface area contributed by atoms with Crippen molar-refractivity contribution >= 4 is 44.7 Å². The number of aromatic nitrogens is 1. The number of benzene rings is 2. The van der Waals surface area contributed by atoms with Gasteiger partial charge in [0.05, 0.1) is 16.1 Å². The number of sulfonamides is 1. The molecule has 2 aromatic carbocycles. The van der Waals surface area contributed by atoms with Crippen LogP contribution in [0.1, 0.15) is 10.6 Å². The van der Waals surface area contributed by atoms with Crippen LogP contribution in [0.15, 0.2) is 59.3 Å². The molecule has 0 saturated carbocycles. The van der Waals surface area contributed by atoms with Crippen molar-refractivity contribution in [2.75, 3.05) is 4.72 Å². The average molecular weight is 391 g/mol. The van der Waals surface area contributed by atoms with Crippen LogP contribution in [0.3, 0.4) is 0 Å². The Morgan fingerprint density at radius 1 is 1.08 bits per heavy atom. The first-order valence-electron chi connectivity index (χ1n) is 7.40. The molecule has 0 fully saturated rings. The first-order valence-corrected chi connectivity index (χ1v) is 10.2. The molecular weight excluding hydrogens is 376 g/mol. The highest BCUT2D eigenvalue weighted by molar-refractivity contribution is 7.95. The summed E-state index contributed by atoms with van der Waals surface area (Å²) in [5.74, 6) is 0. The number of anilines is 1. The summed E-state index contributed by atoms with van der Waals surface area (Å²) in [6.45, 7) is 1.95. The third-order valence-electron chi connectivity index (χ3n) is 3.37. The van der Waals surface area contributed by atoms with Crippen LogP contribution in [-0.2, 0) is 10.0 Å². The molecule has 1 aromatic heterocycles. The lowest BCUT2D eigenvalue weighted by atomic mass is 10.1. The van der Waals surface area contributed by atoms with Crippen molar-refractivity contribution in [2.24, 2.45) is 0 Å². The van der Waals surface area contributed by atoms with Gasteiger partial charge in [0.15, 0.2) is 0 Å². The second kappa shape index (κ2) is 7.39. The Bertz CT molecular complexity index is 992. The topological polar surface area (TPSA) is 59.1 Å². The predicted octanol–water partition coefficient (Wildman–Crippen LogP) is 5.18. The molecule has 0 radical (unpaired) electrons. The van der Waals surface area contributed by atoms with E-state index in [1.165, 1.54) is 6.08 Å². The average Bonchev–Trinajstić information content (AvgIpc) is 3.01. The molecule has 0 saturated heterocycles. The van der Waals surface area contributed by atoms with Crippen molar-refractivity contribution < 1.29 is 8.42 Å². The molecule has 3 aromatic rings. The standard InChI is InChI=1S/C18H15ClN2O2S2/c1-13-20-18(12-24-13)15-4-8-17(9-5-15)21-25(22,23)11-10-14-2-6-16(19)7-3-14/h2-12,21H,1H3/b11-10+. The van der Waals surface area contributed by atoms with Crippen molar-refractivity contribution in [3.8, 4) is 11.3 Å². The minimum absolute atomic E-state index is 0.497. The SMILES string of the molecule is Cc1nc(-c2ccc(NS(=O)(=O)/C=C/c3ccc(Cl)cc3)cc2)cs1. The summed E-state index contributed by atoms with van der Waals surface area (Å²) in [5.41, 5.74) is 3.09. The number of thiazole rings is 1. The van der Waals surface area contributed by atoms with E-state index in [0.717, 1.165) is 27.2 Å². The predicted molar refractivity (Wildman–Crippen MR) is 105 cm³/mol. The Morgan fingerprint density at radius 3 is 2.36 bits per heavy atom. The van der Waals surface area contributed by atoms with Gasteiger partial charge in [-0.3, -0.25) is 4.72 Å². The van der Waals surface area contributed by atoms with E-state index < -0.39 is 10.0 Å². The molecule has 7 heteroatoms. The zero-order valence-electron chi connectivity index (χ0n) is 13.3. The first-order chi connectivity index (χ1) is 11.9. The zero-order valence-corrected chi connectivity index (χ0v) is 15.7. The Balaban J connectivity index is 1.71. The number of rotatable bonds is 5. The zero-order chi connectivity index (χ0) is 17.9. The molecule has 1 heterocycles. The lowest BCUT2D eigenvalue weighted by Gasteiger charge is -2.05. The Hall–Kier alpha value is -2.15. The number of aryl methyl sites for hydroxylation is 1. The first kappa shape index (κ1) is 17.7. The monoisotopic (exact) mass is 390 g/mol. The summed E-state index contributed by atoms with van der Waals surface area (Å²) in [4.78, 5) is 4.41. The molecule has 4 nitrogen and oxygen atoms in total. The molecule has 0 bridgehead atoms. The molecule has 3 rings (SSSR count). The Kier molecular flexibility index (Phi) is 5.22. The summed E-state index contributed by atoms with van der Waals surface area (Å²) in [6.07, 6.45) is 1.52. The maximum absolute atomic E-state index is 12.2. The molecule has 128 valence electrons. The minimum Gasteiger partial charge on any atom is -0.280 e. The van der Waals surface area contributed by atoms with Gasteiger partial charge in [-0.05, 0) is 42.8 Å². The van der Waals surface area contributed by atoms with Crippen LogP contribution >= 0.6 is 22.9 Å². The summed E-state index contributed by atoms with van der Waals surface area (Å²) < 4.78 is 26.9. The molecule has 0 atom stereocenters. The molecule has 25 heavy (non-hydrogen) atoms. The highest BCUT2D eigenvalue weighted by Gasteiger charge is 2.07. The fourth-order valence-electron chi connectivity index (χ4n) is 2.15. The van der Waals surface area contributed by atoms with Crippen LogP contribution in [0.4, 0.5) is 5.69 Å². The second-order valence-corrected chi connectivity index (χ2v) is 8.40. The largest absolute Gasteiger partial charge is 0.280 e. The van der Waals surface area contributed by atoms with E-state index in [9.17, 15) is 8.42 Å². The van der Waals surface area contributed by atoms with Gasteiger partial charge in [-0.2, -0.15) is 0 Å². The van der Waals surface area contributed by atoms with Crippen molar-refractivity contribution in [3.63, 3.8) is 0 Å². The van der Waals surface area contributed by atoms with Gasteiger partial charge in [0, 0.05) is 21.7 Å². The molecule has 0 unspecified atom stereocenters. The number of halogens is 1. The van der Waals surface area contributed by atoms with Crippen molar-refractivity contribution in [1.82, 2.24) is 4.98 Å². The van der Waals surface area contributed by atoms with Crippen molar-refractivity contribution in [2.45, 2.75) is 6.92 Å². The molecule has 0 amide bonds.